The number of amides is 1. The van der Waals surface area contributed by atoms with E-state index in [1.165, 1.54) is 18.7 Å². The molecule has 1 N–H and O–H groups in total. The summed E-state index contributed by atoms with van der Waals surface area (Å²) in [5.41, 5.74) is -2.50. The Morgan fingerprint density at radius 2 is 1.45 bits per heavy atom. The highest BCUT2D eigenvalue weighted by Gasteiger charge is 2.34. The molecule has 0 aromatic heterocycles. The van der Waals surface area contributed by atoms with E-state index < -0.39 is 17.0 Å². The second-order valence-electron chi connectivity index (χ2n) is 5.41. The van der Waals surface area contributed by atoms with Crippen LogP contribution in [0.1, 0.15) is 27.7 Å². The molecule has 0 aromatic carbocycles. The van der Waals surface area contributed by atoms with Gasteiger partial charge in [-0.2, -0.15) is 10.2 Å². The molecule has 112 valence electrons. The number of rotatable bonds is 8. The molecule has 0 aliphatic rings. The summed E-state index contributed by atoms with van der Waals surface area (Å²) < 4.78 is 0. The van der Waals surface area contributed by atoms with Crippen LogP contribution in [0.2, 0.25) is 0 Å². The fraction of sp³-hybridized carbons (Fsp3) is 0.571. The molecule has 0 fully saturated rings. The van der Waals surface area contributed by atoms with E-state index in [0.29, 0.717) is 13.1 Å². The van der Waals surface area contributed by atoms with Crippen LogP contribution in [0.15, 0.2) is 35.5 Å². The molecule has 0 aliphatic carbocycles. The maximum absolute atomic E-state index is 12.4. The van der Waals surface area contributed by atoms with E-state index in [1.807, 2.05) is 0 Å². The Morgan fingerprint density at radius 3 is 1.80 bits per heavy atom. The Labute approximate surface area is 119 Å². The number of carbonyl (C=O) groups is 2. The van der Waals surface area contributed by atoms with Gasteiger partial charge >= 0.3 is 5.97 Å². The summed E-state index contributed by atoms with van der Waals surface area (Å²) >= 11 is 0. The number of aliphatic carboxylic acids is 1. The van der Waals surface area contributed by atoms with Gasteiger partial charge in [-0.15, -0.1) is 13.2 Å². The average molecular weight is 281 g/mol. The van der Waals surface area contributed by atoms with Gasteiger partial charge in [0.2, 0.25) is 0 Å². The van der Waals surface area contributed by atoms with Gasteiger partial charge in [0, 0.05) is 13.1 Å². The Balaban J connectivity index is 5.15. The predicted molar refractivity (Wildman–Crippen MR) is 77.6 cm³/mol. The van der Waals surface area contributed by atoms with Gasteiger partial charge in [0.1, 0.15) is 0 Å². The van der Waals surface area contributed by atoms with Gasteiger partial charge in [0.15, 0.2) is 11.1 Å². The summed E-state index contributed by atoms with van der Waals surface area (Å²) in [7, 11) is 0. The van der Waals surface area contributed by atoms with Gasteiger partial charge < -0.3 is 10.0 Å². The van der Waals surface area contributed by atoms with Crippen molar-refractivity contribution in [2.45, 2.75) is 38.8 Å². The fourth-order valence-electron chi connectivity index (χ4n) is 1.27. The molecule has 0 spiro atoms. The monoisotopic (exact) mass is 281 g/mol. The molecular weight excluding hydrogens is 258 g/mol. The molecule has 0 radical (unpaired) electrons. The second-order valence-corrected chi connectivity index (χ2v) is 5.41. The van der Waals surface area contributed by atoms with Gasteiger partial charge in [-0.1, -0.05) is 12.2 Å². The highest BCUT2D eigenvalue weighted by atomic mass is 16.4. The SMILES string of the molecule is C=CCN(CC=C)C(=O)C(C)(C)/N=N/C(C)(C)C(=O)O. The number of hydrogen-bond acceptors (Lipinski definition) is 4. The molecule has 0 aliphatic heterocycles. The molecule has 0 unspecified atom stereocenters. The zero-order valence-electron chi connectivity index (χ0n) is 12.6. The van der Waals surface area contributed by atoms with Crippen molar-refractivity contribution in [3.63, 3.8) is 0 Å². The van der Waals surface area contributed by atoms with Crippen molar-refractivity contribution < 1.29 is 14.7 Å². The van der Waals surface area contributed by atoms with Crippen LogP contribution in [0.5, 0.6) is 0 Å². The van der Waals surface area contributed by atoms with Crippen molar-refractivity contribution in [3.8, 4) is 0 Å². The minimum absolute atomic E-state index is 0.262. The molecule has 0 atom stereocenters. The van der Waals surface area contributed by atoms with E-state index in [2.05, 4.69) is 23.4 Å². The minimum Gasteiger partial charge on any atom is -0.479 e. The van der Waals surface area contributed by atoms with Crippen LogP contribution in [0.3, 0.4) is 0 Å². The van der Waals surface area contributed by atoms with E-state index in [9.17, 15) is 9.59 Å². The zero-order valence-corrected chi connectivity index (χ0v) is 12.6. The minimum atomic E-state index is -1.36. The lowest BCUT2D eigenvalue weighted by atomic mass is 10.0. The number of carboxylic acid groups (broad SMARTS) is 1. The number of carboxylic acids is 1. The predicted octanol–water partition coefficient (Wildman–Crippen LogP) is 2.28. The highest BCUT2D eigenvalue weighted by molar-refractivity contribution is 5.86. The fourth-order valence-corrected chi connectivity index (χ4v) is 1.27. The molecule has 0 heterocycles. The molecule has 6 heteroatoms. The lowest BCUT2D eigenvalue weighted by molar-refractivity contribution is -0.142. The van der Waals surface area contributed by atoms with Crippen molar-refractivity contribution in [2.24, 2.45) is 10.2 Å². The van der Waals surface area contributed by atoms with Crippen LogP contribution in [-0.2, 0) is 9.59 Å². The van der Waals surface area contributed by atoms with Crippen LogP contribution in [0.25, 0.3) is 0 Å². The lowest BCUT2D eigenvalue weighted by Crippen LogP contribution is -2.44. The van der Waals surface area contributed by atoms with Crippen LogP contribution in [-0.4, -0.2) is 46.1 Å². The number of azo groups is 1. The van der Waals surface area contributed by atoms with Crippen LogP contribution in [0.4, 0.5) is 0 Å². The normalized spacial score (nSPS) is 12.2. The van der Waals surface area contributed by atoms with E-state index in [4.69, 9.17) is 5.11 Å². The molecule has 0 saturated carbocycles. The zero-order chi connectivity index (χ0) is 16.0. The van der Waals surface area contributed by atoms with Gasteiger partial charge in [0.25, 0.3) is 5.91 Å². The van der Waals surface area contributed by atoms with Crippen LogP contribution < -0.4 is 0 Å². The standard InChI is InChI=1S/C14H23N3O3/c1-7-9-17(10-8-2)11(18)13(3,4)15-16-14(5,6)12(19)20/h7-8H,1-2,9-10H2,3-6H3,(H,19,20)/b16-15+. The largest absolute Gasteiger partial charge is 0.479 e. The molecule has 0 bridgehead atoms. The van der Waals surface area contributed by atoms with Gasteiger partial charge in [0.05, 0.1) is 0 Å². The summed E-state index contributed by atoms with van der Waals surface area (Å²) in [6, 6.07) is 0. The quantitative estimate of drug-likeness (QED) is 0.547. The lowest BCUT2D eigenvalue weighted by Gasteiger charge is -2.27. The highest BCUT2D eigenvalue weighted by Crippen LogP contribution is 2.18. The van der Waals surface area contributed by atoms with Crippen molar-refractivity contribution in [1.82, 2.24) is 4.90 Å². The van der Waals surface area contributed by atoms with Crippen molar-refractivity contribution in [2.75, 3.05) is 13.1 Å². The maximum atomic E-state index is 12.4. The first kappa shape index (κ1) is 18.0. The van der Waals surface area contributed by atoms with E-state index in [0.717, 1.165) is 0 Å². The maximum Gasteiger partial charge on any atom is 0.332 e. The van der Waals surface area contributed by atoms with E-state index in [1.54, 1.807) is 26.0 Å². The molecule has 0 saturated heterocycles. The summed E-state index contributed by atoms with van der Waals surface area (Å²) in [6.07, 6.45) is 3.21. The number of carbonyl (C=O) groups excluding carboxylic acids is 1. The Kier molecular flexibility index (Phi) is 6.29. The molecule has 0 aromatic rings. The third-order valence-corrected chi connectivity index (χ3v) is 2.58. The molecule has 20 heavy (non-hydrogen) atoms. The van der Waals surface area contributed by atoms with Crippen LogP contribution in [0, 0.1) is 0 Å². The Morgan fingerprint density at radius 1 is 1.05 bits per heavy atom. The first-order chi connectivity index (χ1) is 9.08. The summed E-state index contributed by atoms with van der Waals surface area (Å²) in [5.74, 6) is -1.36. The first-order valence-corrected chi connectivity index (χ1v) is 6.27. The van der Waals surface area contributed by atoms with Crippen molar-refractivity contribution in [1.29, 1.82) is 0 Å². The van der Waals surface area contributed by atoms with Crippen molar-refractivity contribution >= 4 is 11.9 Å². The third kappa shape index (κ3) is 4.95. The van der Waals surface area contributed by atoms with Gasteiger partial charge in [-0.05, 0) is 27.7 Å². The second kappa shape index (κ2) is 6.98. The van der Waals surface area contributed by atoms with Gasteiger partial charge in [-0.3, -0.25) is 4.79 Å². The molecule has 6 nitrogen and oxygen atoms in total. The average Bonchev–Trinajstić information content (AvgIpc) is 2.35. The van der Waals surface area contributed by atoms with E-state index in [-0.39, 0.29) is 5.91 Å². The Bertz CT molecular complexity index is 415. The number of nitrogens with zero attached hydrogens (tertiary/aromatic N) is 3. The van der Waals surface area contributed by atoms with Gasteiger partial charge in [-0.25, -0.2) is 4.79 Å². The molecule has 0 rings (SSSR count). The molecule has 1 amide bonds. The van der Waals surface area contributed by atoms with E-state index >= 15 is 0 Å². The first-order valence-electron chi connectivity index (χ1n) is 6.27. The smallest absolute Gasteiger partial charge is 0.332 e. The summed E-state index contributed by atoms with van der Waals surface area (Å²) in [4.78, 5) is 24.9. The Hall–Kier alpha value is -1.98. The van der Waals surface area contributed by atoms with Crippen LogP contribution >= 0.6 is 0 Å². The molecular formula is C14H23N3O3. The number of hydrogen-bond donors (Lipinski definition) is 1. The topological polar surface area (TPSA) is 82.3 Å². The van der Waals surface area contributed by atoms with Crippen molar-refractivity contribution in [3.05, 3.63) is 25.3 Å². The summed E-state index contributed by atoms with van der Waals surface area (Å²) in [5, 5.41) is 16.7. The third-order valence-electron chi connectivity index (χ3n) is 2.58. The summed E-state index contributed by atoms with van der Waals surface area (Å²) in [6.45, 7) is 14.0.